The number of carbonyl (C=O) groups excluding carboxylic acids is 1. The van der Waals surface area contributed by atoms with Crippen LogP contribution in [0.25, 0.3) is 0 Å². The first-order valence-corrected chi connectivity index (χ1v) is 6.10. The predicted octanol–water partition coefficient (Wildman–Crippen LogP) is 0.282. The zero-order valence-electron chi connectivity index (χ0n) is 11.3. The molecule has 1 aromatic carbocycles. The van der Waals surface area contributed by atoms with E-state index in [0.29, 0.717) is 25.3 Å². The lowest BCUT2D eigenvalue weighted by atomic mass is 10.2. The van der Waals surface area contributed by atoms with Gasteiger partial charge >= 0.3 is 0 Å². The van der Waals surface area contributed by atoms with Crippen LogP contribution in [0.15, 0.2) is 18.2 Å². The number of hydrogen-bond donors (Lipinski definition) is 3. The van der Waals surface area contributed by atoms with Gasteiger partial charge in [-0.3, -0.25) is 4.79 Å². The highest BCUT2D eigenvalue weighted by atomic mass is 16.5. The molecule has 106 valence electrons. The van der Waals surface area contributed by atoms with Crippen molar-refractivity contribution in [3.05, 3.63) is 23.8 Å². The second-order valence-electron chi connectivity index (χ2n) is 4.45. The van der Waals surface area contributed by atoms with Crippen LogP contribution < -0.4 is 11.1 Å². The van der Waals surface area contributed by atoms with Crippen molar-refractivity contribution >= 4 is 11.6 Å². The molecule has 1 rings (SSSR count). The average Bonchev–Trinajstić information content (AvgIpc) is 2.36. The number of aromatic hydroxyl groups is 1. The highest BCUT2D eigenvalue weighted by Gasteiger charge is 2.07. The van der Waals surface area contributed by atoms with Crippen LogP contribution in [0.1, 0.15) is 10.4 Å². The first kappa shape index (κ1) is 15.3. The number of amides is 1. The third-order valence-electron chi connectivity index (χ3n) is 2.51. The molecule has 0 fully saturated rings. The van der Waals surface area contributed by atoms with Crippen LogP contribution in [-0.4, -0.2) is 56.3 Å². The maximum atomic E-state index is 11.7. The van der Waals surface area contributed by atoms with Crippen LogP contribution in [0.4, 0.5) is 5.69 Å². The van der Waals surface area contributed by atoms with Crippen LogP contribution in [0.2, 0.25) is 0 Å². The summed E-state index contributed by atoms with van der Waals surface area (Å²) in [5.41, 5.74) is 6.09. The number of likely N-dealkylation sites (N-methyl/N-ethyl adjacent to an activating group) is 1. The van der Waals surface area contributed by atoms with Crippen LogP contribution in [0.3, 0.4) is 0 Å². The third-order valence-corrected chi connectivity index (χ3v) is 2.51. The van der Waals surface area contributed by atoms with E-state index in [1.54, 1.807) is 6.07 Å². The highest BCUT2D eigenvalue weighted by Crippen LogP contribution is 2.20. The van der Waals surface area contributed by atoms with Crippen LogP contribution in [0.5, 0.6) is 5.75 Å². The lowest BCUT2D eigenvalue weighted by Gasteiger charge is -2.10. The minimum absolute atomic E-state index is 0.0881. The zero-order valence-corrected chi connectivity index (χ0v) is 11.3. The van der Waals surface area contributed by atoms with E-state index in [1.807, 2.05) is 19.0 Å². The van der Waals surface area contributed by atoms with Gasteiger partial charge in [-0.2, -0.15) is 0 Å². The smallest absolute Gasteiger partial charge is 0.251 e. The third kappa shape index (κ3) is 5.58. The number of nitrogens with one attached hydrogen (secondary N) is 1. The molecule has 0 heterocycles. The number of hydrogen-bond acceptors (Lipinski definition) is 5. The van der Waals surface area contributed by atoms with Gasteiger partial charge in [-0.15, -0.1) is 0 Å². The number of phenolic OH excluding ortho intramolecular Hbond substituents is 1. The van der Waals surface area contributed by atoms with E-state index in [4.69, 9.17) is 10.5 Å². The summed E-state index contributed by atoms with van der Waals surface area (Å²) in [6.45, 7) is 2.36. The zero-order chi connectivity index (χ0) is 14.3. The van der Waals surface area contributed by atoms with Crippen molar-refractivity contribution < 1.29 is 14.6 Å². The van der Waals surface area contributed by atoms with Gasteiger partial charge in [-0.1, -0.05) is 0 Å². The summed E-state index contributed by atoms with van der Waals surface area (Å²) in [6.07, 6.45) is 0. The number of anilines is 1. The van der Waals surface area contributed by atoms with Gasteiger partial charge in [-0.05, 0) is 32.3 Å². The Morgan fingerprint density at radius 1 is 1.42 bits per heavy atom. The Morgan fingerprint density at radius 3 is 2.79 bits per heavy atom. The molecule has 0 aliphatic carbocycles. The minimum Gasteiger partial charge on any atom is -0.506 e. The van der Waals surface area contributed by atoms with Crippen LogP contribution in [0, 0.1) is 0 Å². The van der Waals surface area contributed by atoms with E-state index in [-0.39, 0.29) is 17.3 Å². The number of carbonyl (C=O) groups is 1. The molecular weight excluding hydrogens is 246 g/mol. The largest absolute Gasteiger partial charge is 0.506 e. The van der Waals surface area contributed by atoms with Crippen LogP contribution >= 0.6 is 0 Å². The van der Waals surface area contributed by atoms with E-state index >= 15 is 0 Å². The molecule has 0 saturated carbocycles. The van der Waals surface area contributed by atoms with Gasteiger partial charge in [0.2, 0.25) is 0 Å². The Morgan fingerprint density at radius 2 is 2.16 bits per heavy atom. The maximum Gasteiger partial charge on any atom is 0.251 e. The molecule has 0 saturated heterocycles. The topological polar surface area (TPSA) is 87.8 Å². The van der Waals surface area contributed by atoms with Gasteiger partial charge in [-0.25, -0.2) is 0 Å². The van der Waals surface area contributed by atoms with E-state index in [0.717, 1.165) is 6.54 Å². The molecular formula is C13H21N3O3. The Hall–Kier alpha value is -1.79. The molecule has 0 unspecified atom stereocenters. The highest BCUT2D eigenvalue weighted by molar-refractivity contribution is 5.95. The summed E-state index contributed by atoms with van der Waals surface area (Å²) in [5.74, 6) is -0.346. The fraction of sp³-hybridized carbons (Fsp3) is 0.462. The van der Waals surface area contributed by atoms with Crippen LogP contribution in [-0.2, 0) is 4.74 Å². The standard InChI is InChI=1S/C13H21N3O3/c1-16(2)6-8-19-7-5-15-13(18)10-3-4-11(14)12(17)9-10/h3-4,9,17H,5-8,14H2,1-2H3,(H,15,18). The summed E-state index contributed by atoms with van der Waals surface area (Å²) in [6, 6.07) is 4.41. The molecule has 0 aromatic heterocycles. The van der Waals surface area contributed by atoms with Gasteiger partial charge in [0.25, 0.3) is 5.91 Å². The molecule has 6 heteroatoms. The van der Waals surface area contributed by atoms with Crippen molar-refractivity contribution in [1.82, 2.24) is 10.2 Å². The molecule has 0 aliphatic heterocycles. The van der Waals surface area contributed by atoms with Crippen molar-refractivity contribution in [3.8, 4) is 5.75 Å². The van der Waals surface area contributed by atoms with Gasteiger partial charge in [0.15, 0.2) is 0 Å². The Kier molecular flexibility index (Phi) is 6.11. The molecule has 19 heavy (non-hydrogen) atoms. The first-order chi connectivity index (χ1) is 9.00. The van der Waals surface area contributed by atoms with Gasteiger partial charge in [0.05, 0.1) is 18.9 Å². The molecule has 0 bridgehead atoms. The summed E-state index contributed by atoms with van der Waals surface area (Å²) in [4.78, 5) is 13.7. The van der Waals surface area contributed by atoms with Crippen molar-refractivity contribution in [2.75, 3.05) is 46.1 Å². The number of nitrogen functional groups attached to an aromatic ring is 1. The molecule has 0 aliphatic rings. The number of phenols is 1. The quantitative estimate of drug-likeness (QED) is 0.375. The Labute approximate surface area is 113 Å². The maximum absolute atomic E-state index is 11.7. The number of nitrogens with zero attached hydrogens (tertiary/aromatic N) is 1. The van der Waals surface area contributed by atoms with Gasteiger partial charge in [0, 0.05) is 18.7 Å². The summed E-state index contributed by atoms with van der Waals surface area (Å²) >= 11 is 0. The molecule has 6 nitrogen and oxygen atoms in total. The molecule has 0 radical (unpaired) electrons. The average molecular weight is 267 g/mol. The van der Waals surface area contributed by atoms with E-state index in [9.17, 15) is 9.90 Å². The summed E-state index contributed by atoms with van der Waals surface area (Å²) in [7, 11) is 3.94. The Bertz CT molecular complexity index is 422. The molecule has 1 aromatic rings. The van der Waals surface area contributed by atoms with Crippen molar-refractivity contribution in [2.24, 2.45) is 0 Å². The number of nitrogens with two attached hydrogens (primary N) is 1. The van der Waals surface area contributed by atoms with Crippen molar-refractivity contribution in [2.45, 2.75) is 0 Å². The molecule has 0 spiro atoms. The fourth-order valence-corrected chi connectivity index (χ4v) is 1.37. The fourth-order valence-electron chi connectivity index (χ4n) is 1.37. The summed E-state index contributed by atoms with van der Waals surface area (Å²) < 4.78 is 5.35. The number of rotatable bonds is 7. The Balaban J connectivity index is 2.26. The van der Waals surface area contributed by atoms with E-state index in [2.05, 4.69) is 5.32 Å². The normalized spacial score (nSPS) is 10.7. The monoisotopic (exact) mass is 267 g/mol. The molecule has 0 atom stereocenters. The second-order valence-corrected chi connectivity index (χ2v) is 4.45. The van der Waals surface area contributed by atoms with Crippen molar-refractivity contribution in [1.29, 1.82) is 0 Å². The molecule has 4 N–H and O–H groups in total. The lowest BCUT2D eigenvalue weighted by molar-refractivity contribution is 0.0900. The van der Waals surface area contributed by atoms with E-state index < -0.39 is 0 Å². The lowest BCUT2D eigenvalue weighted by Crippen LogP contribution is -2.28. The molecule has 1 amide bonds. The van der Waals surface area contributed by atoms with Gasteiger partial charge < -0.3 is 25.8 Å². The van der Waals surface area contributed by atoms with Gasteiger partial charge in [0.1, 0.15) is 5.75 Å². The minimum atomic E-state index is -0.258. The van der Waals surface area contributed by atoms with Crippen molar-refractivity contribution in [3.63, 3.8) is 0 Å². The SMILES string of the molecule is CN(C)CCOCCNC(=O)c1ccc(N)c(O)c1. The predicted molar refractivity (Wildman–Crippen MR) is 74.2 cm³/mol. The number of ether oxygens (including phenoxy) is 1. The number of benzene rings is 1. The summed E-state index contributed by atoms with van der Waals surface area (Å²) in [5, 5.41) is 12.1. The van der Waals surface area contributed by atoms with E-state index in [1.165, 1.54) is 12.1 Å². The second kappa shape index (κ2) is 7.60. The first-order valence-electron chi connectivity index (χ1n) is 6.10.